The highest BCUT2D eigenvalue weighted by atomic mass is 16.3. The summed E-state index contributed by atoms with van der Waals surface area (Å²) in [5, 5.41) is 10.8. The maximum Gasteiger partial charge on any atom is 0.230 e. The van der Waals surface area contributed by atoms with Crippen LogP contribution in [0.3, 0.4) is 0 Å². The predicted octanol–water partition coefficient (Wildman–Crippen LogP) is 3.92. The van der Waals surface area contributed by atoms with Crippen LogP contribution in [0.15, 0.2) is 18.2 Å². The molecule has 1 saturated carbocycles. The maximum atomic E-state index is 12.9. The molecule has 0 bridgehead atoms. The molecule has 2 aliphatic heterocycles. The Hall–Kier alpha value is -1.39. The lowest BCUT2D eigenvalue weighted by Crippen LogP contribution is -2.39. The first kappa shape index (κ1) is 18.9. The van der Waals surface area contributed by atoms with Crippen LogP contribution >= 0.6 is 0 Å². The van der Waals surface area contributed by atoms with Crippen LogP contribution in [-0.2, 0) is 11.2 Å². The zero-order valence-electron chi connectivity index (χ0n) is 16.7. The summed E-state index contributed by atoms with van der Waals surface area (Å²) in [5.41, 5.74) is 3.32. The summed E-state index contributed by atoms with van der Waals surface area (Å²) >= 11 is 0. The lowest BCUT2D eigenvalue weighted by molar-refractivity contribution is -0.122. The number of hydrogen-bond acceptors (Lipinski definition) is 3. The fraction of sp³-hybridized carbons (Fsp3) is 0.696. The molecule has 27 heavy (non-hydrogen) atoms. The van der Waals surface area contributed by atoms with Gasteiger partial charge in [0.15, 0.2) is 0 Å². The molecule has 2 fully saturated rings. The van der Waals surface area contributed by atoms with Gasteiger partial charge in [-0.15, -0.1) is 0 Å². The number of piperidine rings is 1. The molecule has 3 aliphatic rings. The van der Waals surface area contributed by atoms with Crippen molar-refractivity contribution < 1.29 is 9.90 Å². The van der Waals surface area contributed by atoms with Crippen LogP contribution in [0.5, 0.6) is 0 Å². The minimum atomic E-state index is -0.443. The van der Waals surface area contributed by atoms with Gasteiger partial charge in [-0.25, -0.2) is 0 Å². The molecule has 4 rings (SSSR count). The molecule has 1 aromatic rings. The van der Waals surface area contributed by atoms with Crippen molar-refractivity contribution in [3.8, 4) is 0 Å². The Bertz CT molecular complexity index is 668. The fourth-order valence-electron chi connectivity index (χ4n) is 5.25. The van der Waals surface area contributed by atoms with Crippen LogP contribution in [0.25, 0.3) is 0 Å². The molecule has 1 aromatic carbocycles. The Labute approximate surface area is 163 Å². The number of carbonyl (C=O) groups is 1. The van der Waals surface area contributed by atoms with E-state index in [1.165, 1.54) is 31.2 Å². The van der Waals surface area contributed by atoms with E-state index < -0.39 is 6.10 Å². The molecule has 0 spiro atoms. The molecule has 4 nitrogen and oxygen atoms in total. The van der Waals surface area contributed by atoms with Crippen molar-refractivity contribution in [3.05, 3.63) is 29.3 Å². The number of aliphatic hydroxyl groups excluding tert-OH is 1. The molecule has 4 heteroatoms. The summed E-state index contributed by atoms with van der Waals surface area (Å²) < 4.78 is 0. The first-order chi connectivity index (χ1) is 13.1. The lowest BCUT2D eigenvalue weighted by atomic mass is 9.95. The van der Waals surface area contributed by atoms with Gasteiger partial charge in [-0.05, 0) is 68.2 Å². The summed E-state index contributed by atoms with van der Waals surface area (Å²) in [5.74, 6) is 1.27. The van der Waals surface area contributed by atoms with Crippen LogP contribution in [0.2, 0.25) is 0 Å². The highest BCUT2D eigenvalue weighted by Crippen LogP contribution is 2.34. The van der Waals surface area contributed by atoms with Gasteiger partial charge in [0, 0.05) is 31.2 Å². The van der Waals surface area contributed by atoms with Gasteiger partial charge in [-0.1, -0.05) is 31.9 Å². The molecule has 0 aromatic heterocycles. The van der Waals surface area contributed by atoms with Crippen LogP contribution in [0.4, 0.5) is 5.69 Å². The summed E-state index contributed by atoms with van der Waals surface area (Å²) in [6, 6.07) is 6.28. The first-order valence-corrected chi connectivity index (χ1v) is 11.0. The van der Waals surface area contributed by atoms with Crippen LogP contribution in [-0.4, -0.2) is 42.1 Å². The van der Waals surface area contributed by atoms with E-state index in [2.05, 4.69) is 24.0 Å². The van der Waals surface area contributed by atoms with Gasteiger partial charge in [-0.3, -0.25) is 4.79 Å². The van der Waals surface area contributed by atoms with E-state index in [0.717, 1.165) is 62.5 Å². The second-order valence-electron chi connectivity index (χ2n) is 8.99. The van der Waals surface area contributed by atoms with E-state index in [1.807, 2.05) is 11.0 Å². The molecule has 148 valence electrons. The minimum absolute atomic E-state index is 0.224. The highest BCUT2D eigenvalue weighted by molar-refractivity contribution is 5.96. The van der Waals surface area contributed by atoms with E-state index in [1.54, 1.807) is 0 Å². The number of amides is 1. The molecular formula is C23H34N2O2. The first-order valence-electron chi connectivity index (χ1n) is 11.0. The molecule has 2 atom stereocenters. The predicted molar refractivity (Wildman–Crippen MR) is 109 cm³/mol. The third-order valence-electron chi connectivity index (χ3n) is 6.75. The second-order valence-corrected chi connectivity index (χ2v) is 8.99. The van der Waals surface area contributed by atoms with Crippen molar-refractivity contribution in [2.45, 2.75) is 64.4 Å². The van der Waals surface area contributed by atoms with E-state index >= 15 is 0 Å². The topological polar surface area (TPSA) is 43.8 Å². The number of anilines is 1. The standard InChI is InChI=1S/C23H34N2O2/c1-17-6-4-12-24(15-17)16-22(26)20-10-11-21-19(14-20)9-5-13-25(21)23(27)18-7-2-3-8-18/h10-11,14,17-18,22,26H,2-9,12-13,15-16H2,1H3/t17-,22+/m1/s1. The Balaban J connectivity index is 1.46. The number of rotatable bonds is 4. The van der Waals surface area contributed by atoms with E-state index in [-0.39, 0.29) is 5.92 Å². The summed E-state index contributed by atoms with van der Waals surface area (Å²) in [6.45, 7) is 6.04. The van der Waals surface area contributed by atoms with Gasteiger partial charge in [0.05, 0.1) is 6.10 Å². The molecule has 1 amide bonds. The Morgan fingerprint density at radius 2 is 1.96 bits per heavy atom. The number of benzene rings is 1. The average molecular weight is 371 g/mol. The van der Waals surface area contributed by atoms with Crippen LogP contribution in [0, 0.1) is 11.8 Å². The Morgan fingerprint density at radius 3 is 2.74 bits per heavy atom. The highest BCUT2D eigenvalue weighted by Gasteiger charge is 2.31. The van der Waals surface area contributed by atoms with Crippen molar-refractivity contribution in [1.82, 2.24) is 4.90 Å². The van der Waals surface area contributed by atoms with Crippen molar-refractivity contribution in [3.63, 3.8) is 0 Å². The molecule has 0 unspecified atom stereocenters. The number of hydrogen-bond donors (Lipinski definition) is 1. The van der Waals surface area contributed by atoms with E-state index in [4.69, 9.17) is 0 Å². The monoisotopic (exact) mass is 370 g/mol. The van der Waals surface area contributed by atoms with Gasteiger partial charge < -0.3 is 14.9 Å². The Morgan fingerprint density at radius 1 is 1.15 bits per heavy atom. The largest absolute Gasteiger partial charge is 0.387 e. The van der Waals surface area contributed by atoms with Crippen molar-refractivity contribution >= 4 is 11.6 Å². The molecule has 1 saturated heterocycles. The lowest BCUT2D eigenvalue weighted by Gasteiger charge is -2.34. The number of nitrogens with zero attached hydrogens (tertiary/aromatic N) is 2. The zero-order valence-corrected chi connectivity index (χ0v) is 16.7. The molecule has 2 heterocycles. The second kappa shape index (κ2) is 8.32. The number of fused-ring (bicyclic) bond motifs is 1. The van der Waals surface area contributed by atoms with E-state index in [9.17, 15) is 9.90 Å². The fourth-order valence-corrected chi connectivity index (χ4v) is 5.25. The average Bonchev–Trinajstić information content (AvgIpc) is 3.21. The quantitative estimate of drug-likeness (QED) is 0.874. The van der Waals surface area contributed by atoms with Crippen molar-refractivity contribution in [2.75, 3.05) is 31.1 Å². The third kappa shape index (κ3) is 4.22. The molecule has 0 radical (unpaired) electrons. The van der Waals surface area contributed by atoms with Crippen LogP contribution < -0.4 is 4.90 Å². The van der Waals surface area contributed by atoms with E-state index in [0.29, 0.717) is 12.5 Å². The molecule has 1 N–H and O–H groups in total. The van der Waals surface area contributed by atoms with Crippen LogP contribution in [0.1, 0.15) is 69.1 Å². The number of β-amino-alcohol motifs (C(OH)–C–C–N with tert-alkyl or cyclic N) is 1. The summed E-state index contributed by atoms with van der Waals surface area (Å²) in [6.07, 6.45) is 8.61. The normalized spacial score (nSPS) is 25.4. The van der Waals surface area contributed by atoms with Gasteiger partial charge in [0.2, 0.25) is 5.91 Å². The van der Waals surface area contributed by atoms with Gasteiger partial charge in [-0.2, -0.15) is 0 Å². The van der Waals surface area contributed by atoms with Gasteiger partial charge in [0.25, 0.3) is 0 Å². The summed E-state index contributed by atoms with van der Waals surface area (Å²) in [4.78, 5) is 17.4. The number of likely N-dealkylation sites (tertiary alicyclic amines) is 1. The zero-order chi connectivity index (χ0) is 18.8. The molecular weight excluding hydrogens is 336 g/mol. The van der Waals surface area contributed by atoms with Crippen molar-refractivity contribution in [1.29, 1.82) is 0 Å². The number of carbonyl (C=O) groups excluding carboxylic acids is 1. The summed E-state index contributed by atoms with van der Waals surface area (Å²) in [7, 11) is 0. The number of aliphatic hydroxyl groups is 1. The van der Waals surface area contributed by atoms with Gasteiger partial charge in [0.1, 0.15) is 0 Å². The van der Waals surface area contributed by atoms with Crippen molar-refractivity contribution in [2.24, 2.45) is 11.8 Å². The number of aryl methyl sites for hydroxylation is 1. The molecule has 1 aliphatic carbocycles. The minimum Gasteiger partial charge on any atom is -0.387 e. The maximum absolute atomic E-state index is 12.9. The SMILES string of the molecule is C[C@@H]1CCCN(C[C@H](O)c2ccc3c(c2)CCCN3C(=O)C2CCCC2)C1. The van der Waals surface area contributed by atoms with Gasteiger partial charge >= 0.3 is 0 Å². The third-order valence-corrected chi connectivity index (χ3v) is 6.75. The Kier molecular flexibility index (Phi) is 5.84. The smallest absolute Gasteiger partial charge is 0.230 e.